The number of nitrogens with zero attached hydrogens (tertiary/aromatic N) is 3. The van der Waals surface area contributed by atoms with Crippen molar-refractivity contribution < 1.29 is 9.59 Å². The molecule has 0 spiro atoms. The summed E-state index contributed by atoms with van der Waals surface area (Å²) in [6.45, 7) is 4.42. The Morgan fingerprint density at radius 2 is 1.63 bits per heavy atom. The van der Waals surface area contributed by atoms with E-state index in [0.717, 1.165) is 44.5 Å². The van der Waals surface area contributed by atoms with E-state index in [9.17, 15) is 9.59 Å². The zero-order chi connectivity index (χ0) is 18.8. The van der Waals surface area contributed by atoms with Crippen LogP contribution in [0.15, 0.2) is 42.5 Å². The van der Waals surface area contributed by atoms with Crippen LogP contribution in [-0.2, 0) is 6.42 Å². The number of para-hydroxylation sites is 1. The highest BCUT2D eigenvalue weighted by Gasteiger charge is 2.26. The summed E-state index contributed by atoms with van der Waals surface area (Å²) in [5.74, 6) is 0.453. The molecular weight excluding hydrogens is 338 g/mol. The molecule has 2 aliphatic heterocycles. The normalized spacial score (nSPS) is 17.5. The lowest BCUT2D eigenvalue weighted by Crippen LogP contribution is -2.39. The molecule has 0 atom stereocenters. The summed E-state index contributed by atoms with van der Waals surface area (Å²) >= 11 is 0. The summed E-state index contributed by atoms with van der Waals surface area (Å²) in [5.41, 5.74) is 2.84. The van der Waals surface area contributed by atoms with E-state index in [-0.39, 0.29) is 11.8 Å². The Labute approximate surface area is 160 Å². The van der Waals surface area contributed by atoms with Gasteiger partial charge in [0.25, 0.3) is 11.8 Å². The van der Waals surface area contributed by atoms with Crippen LogP contribution in [0, 0.1) is 5.92 Å². The number of fused-ring (bicyclic) bond motifs is 1. The number of anilines is 1. The van der Waals surface area contributed by atoms with Gasteiger partial charge >= 0.3 is 0 Å². The van der Waals surface area contributed by atoms with Crippen LogP contribution in [0.3, 0.4) is 0 Å². The van der Waals surface area contributed by atoms with Gasteiger partial charge in [0, 0.05) is 25.3 Å². The van der Waals surface area contributed by atoms with Gasteiger partial charge in [-0.1, -0.05) is 31.2 Å². The van der Waals surface area contributed by atoms with Crippen LogP contribution in [0.5, 0.6) is 0 Å². The Morgan fingerprint density at radius 3 is 2.41 bits per heavy atom. The summed E-state index contributed by atoms with van der Waals surface area (Å²) in [5, 5.41) is 0. The second-order valence-electron chi connectivity index (χ2n) is 7.57. The molecule has 140 valence electrons. The van der Waals surface area contributed by atoms with Crippen molar-refractivity contribution in [1.82, 2.24) is 9.88 Å². The maximum Gasteiger partial charge on any atom is 0.276 e. The number of benzene rings is 1. The molecule has 0 bridgehead atoms. The highest BCUT2D eigenvalue weighted by molar-refractivity contribution is 6.06. The largest absolute Gasteiger partial charge is 0.337 e. The number of likely N-dealkylation sites (tertiary alicyclic amines) is 1. The smallest absolute Gasteiger partial charge is 0.276 e. The molecule has 2 aromatic rings. The molecule has 1 fully saturated rings. The number of amides is 2. The zero-order valence-corrected chi connectivity index (χ0v) is 15.7. The van der Waals surface area contributed by atoms with E-state index in [2.05, 4.69) is 18.0 Å². The third-order valence-electron chi connectivity index (χ3n) is 5.61. The second kappa shape index (κ2) is 7.51. The van der Waals surface area contributed by atoms with Gasteiger partial charge in [-0.2, -0.15) is 0 Å². The summed E-state index contributed by atoms with van der Waals surface area (Å²) < 4.78 is 0. The molecule has 4 rings (SSSR count). The lowest BCUT2D eigenvalue weighted by atomic mass is 9.99. The van der Waals surface area contributed by atoms with Crippen LogP contribution in [-0.4, -0.2) is 41.3 Å². The van der Waals surface area contributed by atoms with Crippen LogP contribution in [0.4, 0.5) is 5.69 Å². The van der Waals surface area contributed by atoms with E-state index in [1.807, 2.05) is 23.1 Å². The number of carbonyl (C=O) groups excluding carboxylic acids is 2. The van der Waals surface area contributed by atoms with Crippen LogP contribution in [0.25, 0.3) is 0 Å². The standard InChI is InChI=1S/C22H25N3O2/c1-16-11-14-24(15-12-16)21(26)18-8-4-9-19(23-18)22(27)25-13-5-7-17-6-2-3-10-20(17)25/h2-4,6,8-10,16H,5,7,11-15H2,1H3. The molecule has 0 N–H and O–H groups in total. The van der Waals surface area contributed by atoms with Crippen molar-refractivity contribution in [3.05, 3.63) is 59.4 Å². The van der Waals surface area contributed by atoms with Gasteiger partial charge in [-0.25, -0.2) is 4.98 Å². The van der Waals surface area contributed by atoms with Crippen LogP contribution in [0.1, 0.15) is 52.7 Å². The van der Waals surface area contributed by atoms with Gasteiger partial charge in [-0.05, 0) is 55.4 Å². The molecule has 0 saturated carbocycles. The van der Waals surface area contributed by atoms with E-state index in [1.54, 1.807) is 23.1 Å². The number of aromatic nitrogens is 1. The van der Waals surface area contributed by atoms with Gasteiger partial charge in [0.2, 0.25) is 0 Å². The Morgan fingerprint density at radius 1 is 0.926 bits per heavy atom. The predicted octanol–water partition coefficient (Wildman–Crippen LogP) is 3.55. The fourth-order valence-electron chi connectivity index (χ4n) is 3.93. The van der Waals surface area contributed by atoms with Crippen LogP contribution in [0.2, 0.25) is 0 Å². The van der Waals surface area contributed by atoms with Gasteiger partial charge in [0.15, 0.2) is 0 Å². The molecular formula is C22H25N3O2. The monoisotopic (exact) mass is 363 g/mol. The number of aryl methyl sites for hydroxylation is 1. The molecule has 2 aliphatic rings. The minimum absolute atomic E-state index is 0.0735. The van der Waals surface area contributed by atoms with Crippen molar-refractivity contribution in [2.24, 2.45) is 5.92 Å². The molecule has 1 aromatic heterocycles. The number of carbonyl (C=O) groups is 2. The number of piperidine rings is 1. The Hall–Kier alpha value is -2.69. The van der Waals surface area contributed by atoms with Crippen LogP contribution >= 0.6 is 0 Å². The second-order valence-corrected chi connectivity index (χ2v) is 7.57. The third kappa shape index (κ3) is 3.59. The first-order valence-corrected chi connectivity index (χ1v) is 9.79. The van der Waals surface area contributed by atoms with Gasteiger partial charge in [-0.15, -0.1) is 0 Å². The molecule has 0 aliphatic carbocycles. The van der Waals surface area contributed by atoms with E-state index in [0.29, 0.717) is 23.9 Å². The summed E-state index contributed by atoms with van der Waals surface area (Å²) in [6.07, 6.45) is 3.97. The van der Waals surface area contributed by atoms with Gasteiger partial charge in [-0.3, -0.25) is 9.59 Å². The Bertz CT molecular complexity index is 856. The van der Waals surface area contributed by atoms with Crippen molar-refractivity contribution in [3.8, 4) is 0 Å². The van der Waals surface area contributed by atoms with Gasteiger partial charge < -0.3 is 9.80 Å². The molecule has 27 heavy (non-hydrogen) atoms. The molecule has 2 amide bonds. The van der Waals surface area contributed by atoms with Gasteiger partial charge in [0.1, 0.15) is 11.4 Å². The SMILES string of the molecule is CC1CCN(C(=O)c2cccc(C(=O)N3CCCc4ccccc43)n2)CC1. The van der Waals surface area contributed by atoms with Crippen molar-refractivity contribution in [1.29, 1.82) is 0 Å². The first-order valence-electron chi connectivity index (χ1n) is 9.79. The molecule has 1 aromatic carbocycles. The fraction of sp³-hybridized carbons (Fsp3) is 0.409. The zero-order valence-electron chi connectivity index (χ0n) is 15.7. The fourth-order valence-corrected chi connectivity index (χ4v) is 3.93. The highest BCUT2D eigenvalue weighted by atomic mass is 16.2. The topological polar surface area (TPSA) is 53.5 Å². The van der Waals surface area contributed by atoms with E-state index in [1.165, 1.54) is 5.56 Å². The lowest BCUT2D eigenvalue weighted by molar-refractivity contribution is 0.0691. The van der Waals surface area contributed by atoms with E-state index < -0.39 is 0 Å². The van der Waals surface area contributed by atoms with Crippen molar-refractivity contribution >= 4 is 17.5 Å². The minimum Gasteiger partial charge on any atom is -0.337 e. The maximum atomic E-state index is 13.1. The average molecular weight is 363 g/mol. The molecule has 1 saturated heterocycles. The molecule has 0 radical (unpaired) electrons. The molecule has 5 nitrogen and oxygen atoms in total. The number of hydrogen-bond acceptors (Lipinski definition) is 3. The molecule has 5 heteroatoms. The number of hydrogen-bond donors (Lipinski definition) is 0. The Kier molecular flexibility index (Phi) is 4.92. The molecule has 0 unspecified atom stereocenters. The third-order valence-corrected chi connectivity index (χ3v) is 5.61. The summed E-state index contributed by atoms with van der Waals surface area (Å²) in [4.78, 5) is 34.0. The van der Waals surface area contributed by atoms with Crippen molar-refractivity contribution in [2.45, 2.75) is 32.6 Å². The summed E-state index contributed by atoms with van der Waals surface area (Å²) in [7, 11) is 0. The van der Waals surface area contributed by atoms with E-state index in [4.69, 9.17) is 0 Å². The Balaban J connectivity index is 1.56. The van der Waals surface area contributed by atoms with Crippen molar-refractivity contribution in [2.75, 3.05) is 24.5 Å². The highest BCUT2D eigenvalue weighted by Crippen LogP contribution is 2.28. The quantitative estimate of drug-likeness (QED) is 0.820. The minimum atomic E-state index is -0.135. The van der Waals surface area contributed by atoms with Gasteiger partial charge in [0.05, 0.1) is 0 Å². The molecule has 3 heterocycles. The maximum absolute atomic E-state index is 13.1. The predicted molar refractivity (Wildman–Crippen MR) is 105 cm³/mol. The summed E-state index contributed by atoms with van der Waals surface area (Å²) in [6, 6.07) is 13.2. The van der Waals surface area contributed by atoms with Crippen LogP contribution < -0.4 is 4.90 Å². The van der Waals surface area contributed by atoms with Crippen molar-refractivity contribution in [3.63, 3.8) is 0 Å². The first kappa shape index (κ1) is 17.7. The number of rotatable bonds is 2. The lowest BCUT2D eigenvalue weighted by Gasteiger charge is -2.30. The average Bonchev–Trinajstić information content (AvgIpc) is 2.73. The first-order chi connectivity index (χ1) is 13.1. The van der Waals surface area contributed by atoms with E-state index >= 15 is 0 Å². The number of pyridine rings is 1.